The molecule has 0 radical (unpaired) electrons. The molecule has 136 valence electrons. The van der Waals surface area contributed by atoms with Gasteiger partial charge in [0.2, 0.25) is 0 Å². The predicted molar refractivity (Wildman–Crippen MR) is 92.9 cm³/mol. The topological polar surface area (TPSA) is 89.9 Å². The van der Waals surface area contributed by atoms with Gasteiger partial charge in [0.05, 0.1) is 11.0 Å². The molecular weight excluding hydrogens is 320 g/mol. The molecule has 0 aromatic heterocycles. The van der Waals surface area contributed by atoms with Gasteiger partial charge in [-0.15, -0.1) is 0 Å². The van der Waals surface area contributed by atoms with Crippen LogP contribution < -0.4 is 5.32 Å². The monoisotopic (exact) mass is 346 g/mol. The fraction of sp³-hybridized carbons (Fsp3) is 0.579. The standard InChI is InChI=1S/C19H26N2O4/c1-18(2,25)14-7-5-13(6-8-14)10-20-17(24)21-11-15-4-3-9-19(15,12-21)16(22)23/h5-8,15,25H,3-4,9-12H2,1-2H3,(H,20,24)(H,22,23)/t15-,19+/m0/s1. The van der Waals surface area contributed by atoms with E-state index in [2.05, 4.69) is 5.32 Å². The molecule has 25 heavy (non-hydrogen) atoms. The van der Waals surface area contributed by atoms with Gasteiger partial charge in [-0.05, 0) is 43.7 Å². The van der Waals surface area contributed by atoms with Crippen molar-refractivity contribution in [3.8, 4) is 0 Å². The summed E-state index contributed by atoms with van der Waals surface area (Å²) >= 11 is 0. The summed E-state index contributed by atoms with van der Waals surface area (Å²) in [4.78, 5) is 25.8. The van der Waals surface area contributed by atoms with Crippen LogP contribution in [0.25, 0.3) is 0 Å². The Kier molecular flexibility index (Phi) is 4.49. The molecule has 0 bridgehead atoms. The molecule has 6 heteroatoms. The number of hydrogen-bond acceptors (Lipinski definition) is 3. The average molecular weight is 346 g/mol. The van der Waals surface area contributed by atoms with E-state index < -0.39 is 17.0 Å². The summed E-state index contributed by atoms with van der Waals surface area (Å²) in [6, 6.07) is 7.25. The van der Waals surface area contributed by atoms with Gasteiger partial charge in [0.25, 0.3) is 0 Å². The van der Waals surface area contributed by atoms with Crippen LogP contribution in [0.1, 0.15) is 44.2 Å². The highest BCUT2D eigenvalue weighted by Gasteiger charge is 2.55. The van der Waals surface area contributed by atoms with Gasteiger partial charge in [-0.25, -0.2) is 4.79 Å². The summed E-state index contributed by atoms with van der Waals surface area (Å²) < 4.78 is 0. The molecule has 2 amide bonds. The smallest absolute Gasteiger partial charge is 0.317 e. The number of carboxylic acid groups (broad SMARTS) is 1. The molecule has 2 atom stereocenters. The number of benzene rings is 1. The molecule has 0 spiro atoms. The van der Waals surface area contributed by atoms with Gasteiger partial charge < -0.3 is 20.4 Å². The van der Waals surface area contributed by atoms with Crippen LogP contribution in [0, 0.1) is 11.3 Å². The second-order valence-electron chi connectivity index (χ2n) is 7.85. The van der Waals surface area contributed by atoms with Gasteiger partial charge in [-0.2, -0.15) is 0 Å². The average Bonchev–Trinajstić information content (AvgIpc) is 3.10. The number of fused-ring (bicyclic) bond motifs is 1. The van der Waals surface area contributed by atoms with Crippen molar-refractivity contribution < 1.29 is 19.8 Å². The van der Waals surface area contributed by atoms with Gasteiger partial charge in [0.15, 0.2) is 0 Å². The van der Waals surface area contributed by atoms with E-state index in [0.29, 0.717) is 26.1 Å². The van der Waals surface area contributed by atoms with Crippen molar-refractivity contribution in [3.63, 3.8) is 0 Å². The van der Waals surface area contributed by atoms with E-state index in [0.717, 1.165) is 24.0 Å². The normalized spacial score (nSPS) is 25.7. The van der Waals surface area contributed by atoms with Gasteiger partial charge in [-0.1, -0.05) is 30.7 Å². The van der Waals surface area contributed by atoms with Gasteiger partial charge >= 0.3 is 12.0 Å². The molecule has 1 aliphatic carbocycles. The van der Waals surface area contributed by atoms with E-state index in [4.69, 9.17) is 0 Å². The largest absolute Gasteiger partial charge is 0.481 e. The van der Waals surface area contributed by atoms with Crippen LogP contribution in [0.4, 0.5) is 4.79 Å². The van der Waals surface area contributed by atoms with Crippen LogP contribution >= 0.6 is 0 Å². The minimum Gasteiger partial charge on any atom is -0.481 e. The molecule has 2 aliphatic rings. The highest BCUT2D eigenvalue weighted by Crippen LogP contribution is 2.48. The quantitative estimate of drug-likeness (QED) is 0.780. The van der Waals surface area contributed by atoms with Crippen molar-refractivity contribution in [1.82, 2.24) is 10.2 Å². The van der Waals surface area contributed by atoms with Crippen molar-refractivity contribution in [3.05, 3.63) is 35.4 Å². The minimum atomic E-state index is -0.889. The van der Waals surface area contributed by atoms with Crippen LogP contribution in [-0.4, -0.2) is 40.2 Å². The molecule has 1 aromatic rings. The Labute approximate surface area is 147 Å². The number of carbonyl (C=O) groups excluding carboxylic acids is 1. The van der Waals surface area contributed by atoms with E-state index in [1.807, 2.05) is 24.3 Å². The Morgan fingerprint density at radius 1 is 1.32 bits per heavy atom. The first-order valence-corrected chi connectivity index (χ1v) is 8.80. The van der Waals surface area contributed by atoms with Crippen molar-refractivity contribution in [2.75, 3.05) is 13.1 Å². The number of aliphatic carboxylic acids is 1. The lowest BCUT2D eigenvalue weighted by Gasteiger charge is -2.23. The zero-order valence-corrected chi connectivity index (χ0v) is 14.8. The zero-order chi connectivity index (χ0) is 18.2. The first kappa shape index (κ1) is 17.7. The number of likely N-dealkylation sites (tertiary alicyclic amines) is 1. The van der Waals surface area contributed by atoms with Crippen LogP contribution in [0.3, 0.4) is 0 Å². The number of hydrogen-bond donors (Lipinski definition) is 3. The number of carbonyl (C=O) groups is 2. The van der Waals surface area contributed by atoms with Crippen LogP contribution in [0.15, 0.2) is 24.3 Å². The van der Waals surface area contributed by atoms with Gasteiger partial charge in [0.1, 0.15) is 0 Å². The first-order valence-electron chi connectivity index (χ1n) is 8.80. The number of aliphatic hydroxyl groups is 1. The van der Waals surface area contributed by atoms with Crippen molar-refractivity contribution in [1.29, 1.82) is 0 Å². The van der Waals surface area contributed by atoms with Crippen molar-refractivity contribution in [2.24, 2.45) is 11.3 Å². The number of rotatable bonds is 4. The Hall–Kier alpha value is -2.08. The highest BCUT2D eigenvalue weighted by molar-refractivity contribution is 5.80. The van der Waals surface area contributed by atoms with E-state index in [1.165, 1.54) is 0 Å². The lowest BCUT2D eigenvalue weighted by Crippen LogP contribution is -2.41. The lowest BCUT2D eigenvalue weighted by atomic mass is 9.81. The molecule has 1 heterocycles. The van der Waals surface area contributed by atoms with Crippen LogP contribution in [-0.2, 0) is 16.9 Å². The minimum absolute atomic E-state index is 0.0711. The fourth-order valence-electron chi connectivity index (χ4n) is 4.11. The summed E-state index contributed by atoms with van der Waals surface area (Å²) in [5.41, 5.74) is 0.124. The van der Waals surface area contributed by atoms with Gasteiger partial charge in [-0.3, -0.25) is 4.79 Å². The van der Waals surface area contributed by atoms with E-state index in [9.17, 15) is 19.8 Å². The Bertz CT molecular complexity index is 665. The third-order valence-electron chi connectivity index (χ3n) is 5.69. The fourth-order valence-corrected chi connectivity index (χ4v) is 4.11. The molecule has 1 aliphatic heterocycles. The zero-order valence-electron chi connectivity index (χ0n) is 14.8. The maximum atomic E-state index is 12.4. The van der Waals surface area contributed by atoms with Gasteiger partial charge in [0, 0.05) is 19.6 Å². The number of nitrogens with zero attached hydrogens (tertiary/aromatic N) is 1. The van der Waals surface area contributed by atoms with Crippen LogP contribution in [0.2, 0.25) is 0 Å². The van der Waals surface area contributed by atoms with Crippen LogP contribution in [0.5, 0.6) is 0 Å². The summed E-state index contributed by atoms with van der Waals surface area (Å²) in [6.45, 7) is 4.66. The molecule has 1 aromatic carbocycles. The molecular formula is C19H26N2O4. The van der Waals surface area contributed by atoms with E-state index in [-0.39, 0.29) is 11.9 Å². The summed E-state index contributed by atoms with van der Waals surface area (Å²) in [6.07, 6.45) is 2.48. The summed E-state index contributed by atoms with van der Waals surface area (Å²) in [5.74, 6) is -0.700. The Balaban J connectivity index is 1.58. The summed E-state index contributed by atoms with van der Waals surface area (Å²) in [5, 5.41) is 22.4. The first-order chi connectivity index (χ1) is 11.7. The molecule has 3 rings (SSSR count). The third kappa shape index (κ3) is 3.35. The molecule has 2 fully saturated rings. The second kappa shape index (κ2) is 6.33. The maximum Gasteiger partial charge on any atom is 0.317 e. The Morgan fingerprint density at radius 2 is 2.00 bits per heavy atom. The SMILES string of the molecule is CC(C)(O)c1ccc(CNC(=O)N2C[C@@H]3CCC[C@@]3(C(=O)O)C2)cc1. The second-order valence-corrected chi connectivity index (χ2v) is 7.85. The molecule has 3 N–H and O–H groups in total. The molecule has 1 saturated heterocycles. The maximum absolute atomic E-state index is 12.4. The number of amides is 2. The number of urea groups is 1. The number of nitrogens with one attached hydrogen (secondary N) is 1. The molecule has 6 nitrogen and oxygen atoms in total. The predicted octanol–water partition coefficient (Wildman–Crippen LogP) is 2.31. The van der Waals surface area contributed by atoms with Crippen molar-refractivity contribution in [2.45, 2.75) is 45.3 Å². The third-order valence-corrected chi connectivity index (χ3v) is 5.69. The number of carboxylic acids is 1. The highest BCUT2D eigenvalue weighted by atomic mass is 16.4. The van der Waals surface area contributed by atoms with E-state index in [1.54, 1.807) is 18.7 Å². The molecule has 1 saturated carbocycles. The lowest BCUT2D eigenvalue weighted by molar-refractivity contribution is -0.149. The summed E-state index contributed by atoms with van der Waals surface area (Å²) in [7, 11) is 0. The Morgan fingerprint density at radius 3 is 2.56 bits per heavy atom. The van der Waals surface area contributed by atoms with E-state index >= 15 is 0 Å². The molecule has 0 unspecified atom stereocenters. The van der Waals surface area contributed by atoms with Crippen molar-refractivity contribution >= 4 is 12.0 Å².